The van der Waals surface area contributed by atoms with Gasteiger partial charge >= 0.3 is 0 Å². The van der Waals surface area contributed by atoms with Crippen LogP contribution >= 0.6 is 0 Å². The monoisotopic (exact) mass is 378 g/mol. The normalized spacial score (nSPS) is 23.5. The van der Waals surface area contributed by atoms with Crippen LogP contribution in [0.1, 0.15) is 17.0 Å². The third-order valence-electron chi connectivity index (χ3n) is 4.90. The van der Waals surface area contributed by atoms with Crippen LogP contribution in [0.3, 0.4) is 0 Å². The summed E-state index contributed by atoms with van der Waals surface area (Å²) < 4.78 is 0. The summed E-state index contributed by atoms with van der Waals surface area (Å²) in [5, 5.41) is 32.6. The molecule has 2 aromatic carbocycles. The van der Waals surface area contributed by atoms with E-state index in [1.165, 1.54) is 30.3 Å². The summed E-state index contributed by atoms with van der Waals surface area (Å²) >= 11 is 0. The second kappa shape index (κ2) is 6.92. The zero-order valence-electron chi connectivity index (χ0n) is 14.4. The number of hydrogen-bond donors (Lipinski definition) is 1. The van der Waals surface area contributed by atoms with Gasteiger partial charge in [-0.05, 0) is 29.3 Å². The summed E-state index contributed by atoms with van der Waals surface area (Å²) in [7, 11) is 0. The Hall–Kier alpha value is -4.06. The quantitative estimate of drug-likeness (QED) is 0.622. The first-order valence-electron chi connectivity index (χ1n) is 8.19. The second-order valence-electron chi connectivity index (χ2n) is 6.37. The number of benzene rings is 2. The summed E-state index contributed by atoms with van der Waals surface area (Å²) in [5.74, 6) is -2.12. The summed E-state index contributed by atoms with van der Waals surface area (Å²) in [6, 6.07) is 13.8. The van der Waals surface area contributed by atoms with Crippen LogP contribution in [0.2, 0.25) is 0 Å². The number of carbonyl (C=O) groups is 1. The lowest BCUT2D eigenvalue weighted by Gasteiger charge is -2.26. The molecular weight excluding hydrogens is 364 g/mol. The molecule has 0 aromatic heterocycles. The lowest BCUT2D eigenvalue weighted by Crippen LogP contribution is -2.42. The van der Waals surface area contributed by atoms with Crippen molar-refractivity contribution >= 4 is 17.2 Å². The number of primary amides is 1. The van der Waals surface area contributed by atoms with E-state index in [0.29, 0.717) is 11.1 Å². The fourth-order valence-electron chi connectivity index (χ4n) is 3.60. The minimum Gasteiger partial charge on any atom is -0.368 e. The Kier molecular flexibility index (Phi) is 4.63. The molecule has 9 heteroatoms. The third kappa shape index (κ3) is 2.87. The lowest BCUT2D eigenvalue weighted by molar-refractivity contribution is -0.510. The van der Waals surface area contributed by atoms with Crippen molar-refractivity contribution in [1.82, 2.24) is 0 Å². The first-order chi connectivity index (χ1) is 13.3. The molecule has 2 N–H and O–H groups in total. The number of nitriles is 1. The van der Waals surface area contributed by atoms with Crippen LogP contribution in [-0.2, 0) is 4.79 Å². The molecule has 0 saturated carbocycles. The van der Waals surface area contributed by atoms with E-state index in [1.54, 1.807) is 30.3 Å². The highest BCUT2D eigenvalue weighted by Gasteiger charge is 2.59. The highest BCUT2D eigenvalue weighted by atomic mass is 16.6. The van der Waals surface area contributed by atoms with E-state index in [-0.39, 0.29) is 11.3 Å². The van der Waals surface area contributed by atoms with E-state index in [2.05, 4.69) is 0 Å². The Morgan fingerprint density at radius 3 is 2.14 bits per heavy atom. The summed E-state index contributed by atoms with van der Waals surface area (Å²) in [4.78, 5) is 33.9. The Morgan fingerprint density at radius 1 is 1.07 bits per heavy atom. The number of nitrogens with two attached hydrogens (primary N) is 1. The number of rotatable bonds is 5. The molecule has 0 aliphatic heterocycles. The molecule has 0 fully saturated rings. The van der Waals surface area contributed by atoms with E-state index in [1.807, 2.05) is 6.07 Å². The van der Waals surface area contributed by atoms with Crippen molar-refractivity contribution in [3.05, 3.63) is 92.0 Å². The van der Waals surface area contributed by atoms with Crippen LogP contribution in [0.5, 0.6) is 0 Å². The van der Waals surface area contributed by atoms with Crippen molar-refractivity contribution in [2.24, 2.45) is 11.1 Å². The van der Waals surface area contributed by atoms with Crippen LogP contribution in [-0.4, -0.2) is 21.8 Å². The van der Waals surface area contributed by atoms with Crippen molar-refractivity contribution in [3.8, 4) is 6.07 Å². The Labute approximate surface area is 159 Å². The van der Waals surface area contributed by atoms with Gasteiger partial charge in [-0.15, -0.1) is 0 Å². The standard InChI is InChI=1S/C19H14N4O5/c20-11-19(18(21)24)10-15(12-6-8-14(9-7-12)22(25)26)17(23(27)28)16(19)13-4-2-1-3-5-13/h1-10,16-17H,(H2,21,24). The van der Waals surface area contributed by atoms with Gasteiger partial charge in [0, 0.05) is 22.6 Å². The summed E-state index contributed by atoms with van der Waals surface area (Å²) in [5.41, 5.74) is 4.28. The smallest absolute Gasteiger partial charge is 0.269 e. The topological polar surface area (TPSA) is 153 Å². The average Bonchev–Trinajstić information content (AvgIpc) is 3.05. The van der Waals surface area contributed by atoms with E-state index < -0.39 is 33.1 Å². The van der Waals surface area contributed by atoms with Gasteiger partial charge in [-0.2, -0.15) is 5.26 Å². The SMILES string of the molecule is N#CC1(C(N)=O)C=C(c2ccc([N+](=O)[O-])cc2)C([N+](=O)[O-])C1c1ccccc1. The third-order valence-corrected chi connectivity index (χ3v) is 4.90. The molecule has 1 aliphatic rings. The number of carbonyl (C=O) groups excluding carboxylic acids is 1. The van der Waals surface area contributed by atoms with E-state index in [9.17, 15) is 30.3 Å². The second-order valence-corrected chi connectivity index (χ2v) is 6.37. The highest BCUT2D eigenvalue weighted by molar-refractivity contribution is 5.93. The zero-order chi connectivity index (χ0) is 20.5. The maximum atomic E-state index is 12.3. The fourth-order valence-corrected chi connectivity index (χ4v) is 3.60. The molecule has 140 valence electrons. The van der Waals surface area contributed by atoms with Gasteiger partial charge in [0.1, 0.15) is 0 Å². The minimum atomic E-state index is -1.92. The molecule has 0 radical (unpaired) electrons. The average molecular weight is 378 g/mol. The molecule has 2 aromatic rings. The molecule has 9 nitrogen and oxygen atoms in total. The Morgan fingerprint density at radius 2 is 1.68 bits per heavy atom. The van der Waals surface area contributed by atoms with Gasteiger partial charge in [-0.25, -0.2) is 0 Å². The first kappa shape index (κ1) is 18.7. The number of amides is 1. The molecule has 3 rings (SSSR count). The maximum absolute atomic E-state index is 12.3. The van der Waals surface area contributed by atoms with Crippen LogP contribution in [0, 0.1) is 37.0 Å². The molecule has 0 saturated heterocycles. The number of nitrogens with zero attached hydrogens (tertiary/aromatic N) is 3. The first-order valence-corrected chi connectivity index (χ1v) is 8.19. The van der Waals surface area contributed by atoms with Crippen LogP contribution < -0.4 is 5.73 Å². The largest absolute Gasteiger partial charge is 0.368 e. The van der Waals surface area contributed by atoms with Gasteiger partial charge < -0.3 is 5.73 Å². The van der Waals surface area contributed by atoms with E-state index in [4.69, 9.17) is 5.73 Å². The van der Waals surface area contributed by atoms with E-state index >= 15 is 0 Å². The minimum absolute atomic E-state index is 0.120. The van der Waals surface area contributed by atoms with Gasteiger partial charge in [0.15, 0.2) is 5.41 Å². The number of hydrogen-bond acceptors (Lipinski definition) is 6. The van der Waals surface area contributed by atoms with Crippen LogP contribution in [0.4, 0.5) is 5.69 Å². The highest BCUT2D eigenvalue weighted by Crippen LogP contribution is 2.51. The molecule has 0 heterocycles. The number of nitro benzene ring substituents is 1. The van der Waals surface area contributed by atoms with Crippen molar-refractivity contribution in [1.29, 1.82) is 5.26 Å². The lowest BCUT2D eigenvalue weighted by atomic mass is 9.73. The number of nitro groups is 2. The molecular formula is C19H14N4O5. The van der Waals surface area contributed by atoms with Gasteiger partial charge in [0.2, 0.25) is 11.9 Å². The molecule has 1 aliphatic carbocycles. The van der Waals surface area contributed by atoms with Gasteiger partial charge in [0.05, 0.1) is 16.9 Å². The maximum Gasteiger partial charge on any atom is 0.269 e. The molecule has 28 heavy (non-hydrogen) atoms. The molecule has 3 unspecified atom stereocenters. The molecule has 0 spiro atoms. The van der Waals surface area contributed by atoms with Crippen molar-refractivity contribution in [3.63, 3.8) is 0 Å². The Bertz CT molecular complexity index is 1030. The van der Waals surface area contributed by atoms with Crippen LogP contribution in [0.15, 0.2) is 60.7 Å². The van der Waals surface area contributed by atoms with Gasteiger partial charge in [0.25, 0.3) is 5.69 Å². The predicted molar refractivity (Wildman–Crippen MR) is 98.3 cm³/mol. The molecule has 3 atom stereocenters. The van der Waals surface area contributed by atoms with Crippen LogP contribution in [0.25, 0.3) is 5.57 Å². The van der Waals surface area contributed by atoms with Gasteiger partial charge in [-0.1, -0.05) is 30.3 Å². The number of non-ortho nitro benzene ring substituents is 1. The fraction of sp³-hybridized carbons (Fsp3) is 0.158. The van der Waals surface area contributed by atoms with Crippen molar-refractivity contribution in [2.75, 3.05) is 0 Å². The van der Waals surface area contributed by atoms with Gasteiger partial charge in [-0.3, -0.25) is 25.0 Å². The summed E-state index contributed by atoms with van der Waals surface area (Å²) in [6.45, 7) is 0. The van der Waals surface area contributed by atoms with Crippen molar-refractivity contribution < 1.29 is 14.6 Å². The zero-order valence-corrected chi connectivity index (χ0v) is 14.4. The molecule has 1 amide bonds. The van der Waals surface area contributed by atoms with E-state index in [0.717, 1.165) is 0 Å². The Balaban J connectivity index is 2.23. The molecule has 0 bridgehead atoms. The summed E-state index contributed by atoms with van der Waals surface area (Å²) in [6.07, 6.45) is 1.22. The van der Waals surface area contributed by atoms with Crippen molar-refractivity contribution in [2.45, 2.75) is 12.0 Å². The predicted octanol–water partition coefficient (Wildman–Crippen LogP) is 2.42.